The number of carbonyl (C=O) groups excluding carboxylic acids is 1. The number of nitrogens with zero attached hydrogens (tertiary/aromatic N) is 1. The first-order valence-electron chi connectivity index (χ1n) is 4.64. The minimum atomic E-state index is -1.88. The molecule has 6 heteroatoms. The topological polar surface area (TPSA) is 65.2 Å². The van der Waals surface area contributed by atoms with Gasteiger partial charge in [0.1, 0.15) is 0 Å². The van der Waals surface area contributed by atoms with E-state index in [0.717, 1.165) is 0 Å². The Morgan fingerprint density at radius 1 is 1.62 bits per heavy atom. The van der Waals surface area contributed by atoms with Crippen LogP contribution in [0.4, 0.5) is 4.39 Å². The molecule has 0 aromatic carbocycles. The smallest absolute Gasteiger partial charge is 0.342 e. The van der Waals surface area contributed by atoms with E-state index in [4.69, 9.17) is 5.73 Å². The van der Waals surface area contributed by atoms with E-state index in [-0.39, 0.29) is 19.0 Å². The summed E-state index contributed by atoms with van der Waals surface area (Å²) in [5.41, 5.74) is 5.86. The van der Waals surface area contributed by atoms with Crippen LogP contribution in [0.5, 0.6) is 0 Å². The van der Waals surface area contributed by atoms with Gasteiger partial charge in [0, 0.05) is 6.20 Å². The highest BCUT2D eigenvalue weighted by Crippen LogP contribution is 2.15. The number of rotatable bonds is 4. The van der Waals surface area contributed by atoms with Crippen LogP contribution in [0.3, 0.4) is 0 Å². The molecule has 1 aromatic heterocycles. The summed E-state index contributed by atoms with van der Waals surface area (Å²) in [6.07, 6.45) is -0.382. The zero-order valence-corrected chi connectivity index (χ0v) is 9.61. The fourth-order valence-corrected chi connectivity index (χ4v) is 1.09. The Kier molecular flexibility index (Phi) is 6.60. The Balaban J connectivity index is 0.00000225. The molecule has 90 valence electrons. The molecule has 0 saturated heterocycles. The van der Waals surface area contributed by atoms with Crippen molar-refractivity contribution in [2.24, 2.45) is 5.73 Å². The van der Waals surface area contributed by atoms with Crippen LogP contribution in [-0.4, -0.2) is 23.7 Å². The fraction of sp³-hybridized carbons (Fsp3) is 0.400. The van der Waals surface area contributed by atoms with Crippen LogP contribution in [0.15, 0.2) is 24.4 Å². The van der Waals surface area contributed by atoms with Gasteiger partial charge in [0.2, 0.25) is 6.17 Å². The Hall–Kier alpha value is -1.20. The molecule has 0 aliphatic carbocycles. The summed E-state index contributed by atoms with van der Waals surface area (Å²) in [5, 5.41) is 0. The van der Waals surface area contributed by atoms with Crippen LogP contribution in [0.1, 0.15) is 18.7 Å². The van der Waals surface area contributed by atoms with Gasteiger partial charge in [0.25, 0.3) is 0 Å². The summed E-state index contributed by atoms with van der Waals surface area (Å²) in [5.74, 6) is -0.948. The third-order valence-corrected chi connectivity index (χ3v) is 1.86. The molecule has 1 heterocycles. The molecule has 1 aromatic rings. The van der Waals surface area contributed by atoms with Crippen molar-refractivity contribution in [1.29, 1.82) is 0 Å². The summed E-state index contributed by atoms with van der Waals surface area (Å²) in [4.78, 5) is 14.9. The summed E-state index contributed by atoms with van der Waals surface area (Å²) >= 11 is 0. The number of aromatic nitrogens is 1. The van der Waals surface area contributed by atoms with Gasteiger partial charge in [0.05, 0.1) is 18.3 Å². The van der Waals surface area contributed by atoms with Gasteiger partial charge in [-0.25, -0.2) is 9.18 Å². The van der Waals surface area contributed by atoms with E-state index >= 15 is 0 Å². The van der Waals surface area contributed by atoms with E-state index in [1.165, 1.54) is 6.20 Å². The molecule has 0 aliphatic heterocycles. The molecule has 1 unspecified atom stereocenters. The minimum Gasteiger partial charge on any atom is -0.464 e. The van der Waals surface area contributed by atoms with Gasteiger partial charge in [-0.05, 0) is 19.1 Å². The quantitative estimate of drug-likeness (QED) is 0.818. The molecule has 0 spiro atoms. The second-order valence-corrected chi connectivity index (χ2v) is 2.93. The normalized spacial score (nSPS) is 13.4. The van der Waals surface area contributed by atoms with Crippen LogP contribution in [0.2, 0.25) is 0 Å². The summed E-state index contributed by atoms with van der Waals surface area (Å²) < 4.78 is 17.9. The maximum Gasteiger partial charge on any atom is 0.342 e. The molecule has 0 aliphatic rings. The highest BCUT2D eigenvalue weighted by atomic mass is 35.5. The minimum absolute atomic E-state index is 0. The predicted molar refractivity (Wildman–Crippen MR) is 59.9 cm³/mol. The number of halogens is 2. The van der Waals surface area contributed by atoms with E-state index in [0.29, 0.717) is 5.69 Å². The predicted octanol–water partition coefficient (Wildman–Crippen LogP) is 1.40. The van der Waals surface area contributed by atoms with Crippen molar-refractivity contribution < 1.29 is 13.9 Å². The summed E-state index contributed by atoms with van der Waals surface area (Å²) in [7, 11) is 0. The first kappa shape index (κ1) is 14.8. The number of nitrogens with two attached hydrogens (primary N) is 1. The Bertz CT molecular complexity index is 324. The third-order valence-electron chi connectivity index (χ3n) is 1.86. The van der Waals surface area contributed by atoms with Gasteiger partial charge in [-0.15, -0.1) is 12.4 Å². The average molecular weight is 249 g/mol. The standard InChI is InChI=1S/C10H13FN2O2.ClH/c1-2-15-10(14)8(11)9(12)7-5-3-4-6-13-7;/h3-6,8-9H,2,12H2,1H3;1H/t8?,9-;/m1./s1. The number of hydrogen-bond donors (Lipinski definition) is 1. The van der Waals surface area contributed by atoms with Gasteiger partial charge in [0.15, 0.2) is 0 Å². The molecule has 2 atom stereocenters. The number of hydrogen-bond acceptors (Lipinski definition) is 4. The molecule has 0 radical (unpaired) electrons. The Morgan fingerprint density at radius 2 is 2.31 bits per heavy atom. The van der Waals surface area contributed by atoms with Gasteiger partial charge in [-0.2, -0.15) is 0 Å². The lowest BCUT2D eigenvalue weighted by Crippen LogP contribution is -2.32. The zero-order chi connectivity index (χ0) is 11.3. The van der Waals surface area contributed by atoms with Crippen molar-refractivity contribution >= 4 is 18.4 Å². The second kappa shape index (κ2) is 7.14. The molecule has 16 heavy (non-hydrogen) atoms. The van der Waals surface area contributed by atoms with Gasteiger partial charge in [-0.1, -0.05) is 6.07 Å². The Labute approximate surface area is 99.4 Å². The highest BCUT2D eigenvalue weighted by Gasteiger charge is 2.28. The van der Waals surface area contributed by atoms with Gasteiger partial charge in [-0.3, -0.25) is 4.98 Å². The van der Waals surface area contributed by atoms with E-state index in [1.807, 2.05) is 0 Å². The van der Waals surface area contributed by atoms with Gasteiger partial charge >= 0.3 is 5.97 Å². The first-order valence-corrected chi connectivity index (χ1v) is 4.64. The largest absolute Gasteiger partial charge is 0.464 e. The average Bonchev–Trinajstić information content (AvgIpc) is 2.28. The van der Waals surface area contributed by atoms with Crippen molar-refractivity contribution in [3.05, 3.63) is 30.1 Å². The van der Waals surface area contributed by atoms with Crippen molar-refractivity contribution in [3.63, 3.8) is 0 Å². The van der Waals surface area contributed by atoms with E-state index in [9.17, 15) is 9.18 Å². The van der Waals surface area contributed by atoms with Crippen LogP contribution < -0.4 is 5.73 Å². The molecular weight excluding hydrogens is 235 g/mol. The molecule has 0 bridgehead atoms. The molecule has 0 saturated carbocycles. The molecular formula is C10H14ClFN2O2. The monoisotopic (exact) mass is 248 g/mol. The zero-order valence-electron chi connectivity index (χ0n) is 8.80. The van der Waals surface area contributed by atoms with Crippen molar-refractivity contribution in [3.8, 4) is 0 Å². The summed E-state index contributed by atoms with van der Waals surface area (Å²) in [6.45, 7) is 1.74. The van der Waals surface area contributed by atoms with Crippen molar-refractivity contribution in [1.82, 2.24) is 4.98 Å². The lowest BCUT2D eigenvalue weighted by atomic mass is 10.1. The summed E-state index contributed by atoms with van der Waals surface area (Å²) in [6, 6.07) is 3.86. The molecule has 4 nitrogen and oxygen atoms in total. The fourth-order valence-electron chi connectivity index (χ4n) is 1.09. The van der Waals surface area contributed by atoms with E-state index in [1.54, 1.807) is 25.1 Å². The lowest BCUT2D eigenvalue weighted by molar-refractivity contribution is -0.150. The number of esters is 1. The number of ether oxygens (including phenoxy) is 1. The Morgan fingerprint density at radius 3 is 2.81 bits per heavy atom. The van der Waals surface area contributed by atoms with E-state index < -0.39 is 18.2 Å². The lowest BCUT2D eigenvalue weighted by Gasteiger charge is -2.14. The van der Waals surface area contributed by atoms with Crippen molar-refractivity contribution in [2.45, 2.75) is 19.1 Å². The first-order chi connectivity index (χ1) is 7.16. The SMILES string of the molecule is CCOC(=O)C(F)[C@H](N)c1ccccn1.Cl. The number of pyridine rings is 1. The highest BCUT2D eigenvalue weighted by molar-refractivity contribution is 5.85. The van der Waals surface area contributed by atoms with Crippen LogP contribution >= 0.6 is 12.4 Å². The maximum absolute atomic E-state index is 13.4. The van der Waals surface area contributed by atoms with E-state index in [2.05, 4.69) is 9.72 Å². The maximum atomic E-state index is 13.4. The van der Waals surface area contributed by atoms with Crippen LogP contribution in [-0.2, 0) is 9.53 Å². The van der Waals surface area contributed by atoms with Gasteiger partial charge < -0.3 is 10.5 Å². The van der Waals surface area contributed by atoms with Crippen molar-refractivity contribution in [2.75, 3.05) is 6.61 Å². The van der Waals surface area contributed by atoms with Crippen LogP contribution in [0.25, 0.3) is 0 Å². The molecule has 2 N–H and O–H groups in total. The molecule has 1 rings (SSSR count). The number of carbonyl (C=O) groups is 1. The molecule has 0 fully saturated rings. The van der Waals surface area contributed by atoms with Crippen LogP contribution in [0, 0.1) is 0 Å². The second-order valence-electron chi connectivity index (χ2n) is 2.93. The number of alkyl halides is 1. The molecule has 0 amide bonds. The third kappa shape index (κ3) is 3.75.